The van der Waals surface area contributed by atoms with Crippen molar-refractivity contribution in [2.45, 2.75) is 37.0 Å². The largest absolute Gasteiger partial charge is 0.387 e. The molecule has 2 aromatic rings. The average molecular weight is 321 g/mol. The van der Waals surface area contributed by atoms with E-state index in [1.807, 2.05) is 6.07 Å². The Balaban J connectivity index is 1.44. The lowest BCUT2D eigenvalue weighted by Crippen LogP contribution is -2.53. The monoisotopic (exact) mass is 321 g/mol. The number of fused-ring (bicyclic) bond motifs is 3. The molecule has 2 aliphatic carbocycles. The highest BCUT2D eigenvalue weighted by Gasteiger charge is 2.46. The zero-order valence-corrected chi connectivity index (χ0v) is 13.8. The van der Waals surface area contributed by atoms with Crippen molar-refractivity contribution in [1.82, 2.24) is 4.90 Å². The van der Waals surface area contributed by atoms with Crippen molar-refractivity contribution in [3.63, 3.8) is 0 Å². The summed E-state index contributed by atoms with van der Waals surface area (Å²) in [6, 6.07) is 17.2. The second-order valence-corrected chi connectivity index (χ2v) is 7.39. The first-order valence-corrected chi connectivity index (χ1v) is 8.99. The molecule has 1 fully saturated rings. The summed E-state index contributed by atoms with van der Waals surface area (Å²) in [7, 11) is 0. The van der Waals surface area contributed by atoms with E-state index in [0.29, 0.717) is 0 Å². The second kappa shape index (κ2) is 5.41. The molecule has 3 nitrogen and oxygen atoms in total. The van der Waals surface area contributed by atoms with Gasteiger partial charge in [-0.3, -0.25) is 4.90 Å². The molecule has 1 aliphatic heterocycles. The first-order valence-electron chi connectivity index (χ1n) is 8.99. The van der Waals surface area contributed by atoms with Crippen molar-refractivity contribution in [2.75, 3.05) is 19.7 Å². The lowest BCUT2D eigenvalue weighted by molar-refractivity contribution is -0.132. The SMILES string of the molecule is OC1c2ccccc2CC1N1CCOC2(CCc3ccccc32)C1. The molecule has 2 aromatic carbocycles. The van der Waals surface area contributed by atoms with Crippen molar-refractivity contribution in [3.8, 4) is 0 Å². The lowest BCUT2D eigenvalue weighted by atomic mass is 9.92. The van der Waals surface area contributed by atoms with Crippen molar-refractivity contribution < 1.29 is 9.84 Å². The normalized spacial score (nSPS) is 32.0. The number of aliphatic hydroxyl groups is 1. The van der Waals surface area contributed by atoms with E-state index in [1.165, 1.54) is 16.7 Å². The minimum Gasteiger partial charge on any atom is -0.387 e. The zero-order valence-electron chi connectivity index (χ0n) is 13.8. The maximum atomic E-state index is 10.8. The van der Waals surface area contributed by atoms with Gasteiger partial charge in [0.05, 0.1) is 12.7 Å². The number of hydrogen-bond donors (Lipinski definition) is 1. The molecular formula is C21H23NO2. The maximum Gasteiger partial charge on any atom is 0.106 e. The first-order chi connectivity index (χ1) is 11.8. The summed E-state index contributed by atoms with van der Waals surface area (Å²) >= 11 is 0. The van der Waals surface area contributed by atoms with Crippen LogP contribution in [0.5, 0.6) is 0 Å². The van der Waals surface area contributed by atoms with Gasteiger partial charge in [-0.05, 0) is 41.5 Å². The smallest absolute Gasteiger partial charge is 0.106 e. The van der Waals surface area contributed by atoms with E-state index >= 15 is 0 Å². The quantitative estimate of drug-likeness (QED) is 0.877. The van der Waals surface area contributed by atoms with E-state index in [4.69, 9.17) is 4.74 Å². The van der Waals surface area contributed by atoms with Gasteiger partial charge in [0.25, 0.3) is 0 Å². The van der Waals surface area contributed by atoms with Crippen LogP contribution < -0.4 is 0 Å². The summed E-state index contributed by atoms with van der Waals surface area (Å²) in [5.74, 6) is 0. The fourth-order valence-corrected chi connectivity index (χ4v) is 4.94. The van der Waals surface area contributed by atoms with Gasteiger partial charge in [-0.1, -0.05) is 48.5 Å². The molecule has 0 aromatic heterocycles. The summed E-state index contributed by atoms with van der Waals surface area (Å²) < 4.78 is 6.33. The van der Waals surface area contributed by atoms with E-state index in [2.05, 4.69) is 47.4 Å². The van der Waals surface area contributed by atoms with Gasteiger partial charge in [-0.2, -0.15) is 0 Å². The van der Waals surface area contributed by atoms with Crippen molar-refractivity contribution in [2.24, 2.45) is 0 Å². The number of rotatable bonds is 1. The minimum atomic E-state index is -0.381. The highest BCUT2D eigenvalue weighted by Crippen LogP contribution is 2.44. The Bertz CT molecular complexity index is 770. The second-order valence-electron chi connectivity index (χ2n) is 7.39. The fourth-order valence-electron chi connectivity index (χ4n) is 4.94. The van der Waals surface area contributed by atoms with Crippen LogP contribution in [0.1, 0.15) is 34.8 Å². The van der Waals surface area contributed by atoms with Gasteiger partial charge in [0, 0.05) is 19.1 Å². The van der Waals surface area contributed by atoms with Crippen LogP contribution in [0.15, 0.2) is 48.5 Å². The van der Waals surface area contributed by atoms with Crippen LogP contribution in [0.3, 0.4) is 0 Å². The van der Waals surface area contributed by atoms with Crippen molar-refractivity contribution >= 4 is 0 Å². The third-order valence-electron chi connectivity index (χ3n) is 6.16. The van der Waals surface area contributed by atoms with Gasteiger partial charge in [0.2, 0.25) is 0 Å². The number of nitrogens with zero attached hydrogens (tertiary/aromatic N) is 1. The Labute approximate surface area is 142 Å². The highest BCUT2D eigenvalue weighted by atomic mass is 16.5. The molecule has 3 atom stereocenters. The van der Waals surface area contributed by atoms with Crippen LogP contribution in [-0.4, -0.2) is 35.7 Å². The summed E-state index contributed by atoms with van der Waals surface area (Å²) in [5.41, 5.74) is 5.01. The summed E-state index contributed by atoms with van der Waals surface area (Å²) in [6.07, 6.45) is 2.71. The Morgan fingerprint density at radius 2 is 1.83 bits per heavy atom. The first kappa shape index (κ1) is 14.6. The summed E-state index contributed by atoms with van der Waals surface area (Å²) in [6.45, 7) is 2.53. The molecule has 3 heteroatoms. The molecule has 0 radical (unpaired) electrons. The van der Waals surface area contributed by atoms with Crippen LogP contribution in [-0.2, 0) is 23.2 Å². The zero-order chi connectivity index (χ0) is 16.1. The fraction of sp³-hybridized carbons (Fsp3) is 0.429. The highest BCUT2D eigenvalue weighted by molar-refractivity contribution is 5.39. The van der Waals surface area contributed by atoms with Crippen molar-refractivity contribution in [1.29, 1.82) is 0 Å². The van der Waals surface area contributed by atoms with Gasteiger partial charge in [0.15, 0.2) is 0 Å². The van der Waals surface area contributed by atoms with E-state index in [9.17, 15) is 5.11 Å². The molecule has 3 unspecified atom stereocenters. The number of aryl methyl sites for hydroxylation is 1. The minimum absolute atomic E-state index is 0.177. The third-order valence-corrected chi connectivity index (χ3v) is 6.16. The van der Waals surface area contributed by atoms with Crippen LogP contribution in [0.2, 0.25) is 0 Å². The van der Waals surface area contributed by atoms with Crippen LogP contribution in [0, 0.1) is 0 Å². The average Bonchev–Trinajstić information content (AvgIpc) is 3.15. The molecule has 0 saturated carbocycles. The molecule has 5 rings (SSSR count). The van der Waals surface area contributed by atoms with Crippen LogP contribution in [0.25, 0.3) is 0 Å². The number of morpholine rings is 1. The molecule has 24 heavy (non-hydrogen) atoms. The predicted octanol–water partition coefficient (Wildman–Crippen LogP) is 2.82. The summed E-state index contributed by atoms with van der Waals surface area (Å²) in [4.78, 5) is 2.47. The van der Waals surface area contributed by atoms with E-state index in [0.717, 1.165) is 44.5 Å². The Kier molecular flexibility index (Phi) is 3.30. The molecule has 3 aliphatic rings. The molecule has 124 valence electrons. The summed E-state index contributed by atoms with van der Waals surface area (Å²) in [5, 5.41) is 10.8. The topological polar surface area (TPSA) is 32.7 Å². The molecule has 1 saturated heterocycles. The van der Waals surface area contributed by atoms with E-state index < -0.39 is 0 Å². The maximum absolute atomic E-state index is 10.8. The Hall–Kier alpha value is -1.68. The van der Waals surface area contributed by atoms with Crippen LogP contribution in [0.4, 0.5) is 0 Å². The standard InChI is InChI=1S/C21H23NO2/c23-20-17-7-3-1-6-16(17)13-19(20)22-11-12-24-21(14-22)10-9-15-5-2-4-8-18(15)21/h1-8,19-20,23H,9-14H2. The Morgan fingerprint density at radius 3 is 2.71 bits per heavy atom. The molecule has 1 spiro atoms. The lowest BCUT2D eigenvalue weighted by Gasteiger charge is -2.44. The number of ether oxygens (including phenoxy) is 1. The van der Waals surface area contributed by atoms with Gasteiger partial charge in [-0.25, -0.2) is 0 Å². The number of hydrogen-bond acceptors (Lipinski definition) is 3. The van der Waals surface area contributed by atoms with Gasteiger partial charge in [-0.15, -0.1) is 0 Å². The Morgan fingerprint density at radius 1 is 1.04 bits per heavy atom. The van der Waals surface area contributed by atoms with E-state index in [1.54, 1.807) is 0 Å². The molecule has 1 heterocycles. The molecular weight excluding hydrogens is 298 g/mol. The van der Waals surface area contributed by atoms with Crippen LogP contribution >= 0.6 is 0 Å². The van der Waals surface area contributed by atoms with Gasteiger partial charge >= 0.3 is 0 Å². The number of benzene rings is 2. The van der Waals surface area contributed by atoms with Gasteiger partial charge < -0.3 is 9.84 Å². The molecule has 1 N–H and O–H groups in total. The van der Waals surface area contributed by atoms with E-state index in [-0.39, 0.29) is 17.7 Å². The molecule has 0 amide bonds. The van der Waals surface area contributed by atoms with Crippen molar-refractivity contribution in [3.05, 3.63) is 70.8 Å². The molecule has 0 bridgehead atoms. The number of aliphatic hydroxyl groups excluding tert-OH is 1. The third kappa shape index (κ3) is 2.08. The predicted molar refractivity (Wildman–Crippen MR) is 92.9 cm³/mol. The van der Waals surface area contributed by atoms with Gasteiger partial charge in [0.1, 0.15) is 5.60 Å².